The van der Waals surface area contributed by atoms with Gasteiger partial charge in [0.25, 0.3) is 11.1 Å². The summed E-state index contributed by atoms with van der Waals surface area (Å²) in [5, 5.41) is 9.14. The summed E-state index contributed by atoms with van der Waals surface area (Å²) in [6.45, 7) is 4.10. The topological polar surface area (TPSA) is 119 Å². The van der Waals surface area contributed by atoms with Crippen molar-refractivity contribution in [2.45, 2.75) is 51.6 Å². The molecule has 3 N–H and O–H groups in total. The zero-order chi connectivity index (χ0) is 29.0. The molecule has 1 aliphatic heterocycles. The monoisotopic (exact) mass is 558 g/mol. The van der Waals surface area contributed by atoms with Crippen LogP contribution in [0, 0.1) is 19.7 Å². The second kappa shape index (κ2) is 10.2. The van der Waals surface area contributed by atoms with Gasteiger partial charge in [-0.1, -0.05) is 12.1 Å². The number of aromatic nitrogens is 3. The number of hydrogen-bond acceptors (Lipinski definition) is 6. The molecule has 1 saturated carbocycles. The molecule has 2 aromatic heterocycles. The van der Waals surface area contributed by atoms with Crippen molar-refractivity contribution in [3.8, 4) is 5.69 Å². The van der Waals surface area contributed by atoms with Gasteiger partial charge in [0.1, 0.15) is 17.0 Å². The summed E-state index contributed by atoms with van der Waals surface area (Å²) in [5.41, 5.74) is 0.440. The van der Waals surface area contributed by atoms with Gasteiger partial charge in [-0.05, 0) is 82.0 Å². The summed E-state index contributed by atoms with van der Waals surface area (Å²) in [5.74, 6) is -0.623. The van der Waals surface area contributed by atoms with Gasteiger partial charge in [-0.25, -0.2) is 9.18 Å². The highest BCUT2D eigenvalue weighted by Gasteiger charge is 2.32. The van der Waals surface area contributed by atoms with E-state index in [0.717, 1.165) is 24.9 Å². The molecule has 1 atom stereocenters. The van der Waals surface area contributed by atoms with Crippen molar-refractivity contribution < 1.29 is 9.18 Å². The van der Waals surface area contributed by atoms with E-state index in [4.69, 9.17) is 0 Å². The molecule has 1 amide bonds. The molecule has 0 radical (unpaired) electrons. The molecule has 3 heterocycles. The predicted molar refractivity (Wildman–Crippen MR) is 156 cm³/mol. The minimum atomic E-state index is -0.574. The molecule has 1 saturated heterocycles. The molecule has 4 aromatic rings. The van der Waals surface area contributed by atoms with E-state index in [1.54, 1.807) is 50.2 Å². The Labute approximate surface area is 234 Å². The lowest BCUT2D eigenvalue weighted by atomic mass is 10.1. The van der Waals surface area contributed by atoms with Crippen LogP contribution >= 0.6 is 0 Å². The molecule has 6 rings (SSSR count). The number of amides is 1. The number of carbonyl (C=O) groups is 1. The first-order valence-corrected chi connectivity index (χ1v) is 13.7. The van der Waals surface area contributed by atoms with Crippen molar-refractivity contribution in [1.82, 2.24) is 19.0 Å². The van der Waals surface area contributed by atoms with Crippen molar-refractivity contribution in [2.24, 2.45) is 7.05 Å². The molecule has 2 aromatic carbocycles. The number of pyridine rings is 1. The Morgan fingerprint density at radius 3 is 2.49 bits per heavy atom. The van der Waals surface area contributed by atoms with Crippen LogP contribution in [-0.4, -0.2) is 32.2 Å². The number of hydrogen-bond donors (Lipinski definition) is 3. The Morgan fingerprint density at radius 2 is 1.80 bits per heavy atom. The first-order chi connectivity index (χ1) is 19.7. The van der Waals surface area contributed by atoms with E-state index in [0.29, 0.717) is 24.2 Å². The van der Waals surface area contributed by atoms with Crippen molar-refractivity contribution in [3.05, 3.63) is 90.6 Å². The maximum absolute atomic E-state index is 14.9. The fraction of sp³-hybridized carbons (Fsp3) is 0.333. The number of fused-ring (bicyclic) bond motifs is 1. The number of aryl methyl sites for hydroxylation is 2. The van der Waals surface area contributed by atoms with Gasteiger partial charge < -0.3 is 16.0 Å². The van der Waals surface area contributed by atoms with Crippen LogP contribution in [0.1, 0.15) is 42.9 Å². The van der Waals surface area contributed by atoms with E-state index in [-0.39, 0.29) is 46.0 Å². The maximum atomic E-state index is 14.9. The van der Waals surface area contributed by atoms with Gasteiger partial charge >= 0.3 is 5.69 Å². The molecule has 41 heavy (non-hydrogen) atoms. The van der Waals surface area contributed by atoms with Gasteiger partial charge in [0.05, 0.1) is 22.9 Å². The minimum absolute atomic E-state index is 0.0864. The average molecular weight is 559 g/mol. The molecule has 1 unspecified atom stereocenters. The summed E-state index contributed by atoms with van der Waals surface area (Å²) >= 11 is 0. The van der Waals surface area contributed by atoms with Gasteiger partial charge in [-0.3, -0.25) is 28.1 Å². The Kier molecular flexibility index (Phi) is 6.61. The van der Waals surface area contributed by atoms with Crippen LogP contribution < -0.4 is 32.8 Å². The maximum Gasteiger partial charge on any atom is 0.336 e. The third-order valence-corrected chi connectivity index (χ3v) is 7.88. The van der Waals surface area contributed by atoms with Crippen molar-refractivity contribution >= 4 is 34.0 Å². The first kappa shape index (κ1) is 26.7. The van der Waals surface area contributed by atoms with Gasteiger partial charge in [0, 0.05) is 24.3 Å². The highest BCUT2D eigenvalue weighted by atomic mass is 19.1. The first-order valence-electron chi connectivity index (χ1n) is 13.7. The van der Waals surface area contributed by atoms with E-state index in [1.165, 1.54) is 26.8 Å². The Hall–Kier alpha value is -4.51. The fourth-order valence-corrected chi connectivity index (χ4v) is 5.56. The largest absolute Gasteiger partial charge is 0.338 e. The van der Waals surface area contributed by atoms with E-state index in [9.17, 15) is 23.6 Å². The molecular weight excluding hydrogens is 527 g/mol. The van der Waals surface area contributed by atoms with Crippen LogP contribution in [0.3, 0.4) is 0 Å². The van der Waals surface area contributed by atoms with Gasteiger partial charge in [0.2, 0.25) is 5.91 Å². The van der Waals surface area contributed by atoms with E-state index >= 15 is 0 Å². The highest BCUT2D eigenvalue weighted by molar-refractivity contribution is 5.96. The second-order valence-electron chi connectivity index (χ2n) is 10.9. The number of anilines is 3. The number of halogens is 1. The average Bonchev–Trinajstić information content (AvgIpc) is 3.61. The summed E-state index contributed by atoms with van der Waals surface area (Å²) in [6, 6.07) is 10.8. The molecule has 10 nitrogen and oxygen atoms in total. The smallest absolute Gasteiger partial charge is 0.336 e. The summed E-state index contributed by atoms with van der Waals surface area (Å²) < 4.78 is 18.8. The molecule has 1 aliphatic carbocycles. The zero-order valence-corrected chi connectivity index (χ0v) is 23.1. The van der Waals surface area contributed by atoms with E-state index in [2.05, 4.69) is 16.0 Å². The Morgan fingerprint density at radius 1 is 1.02 bits per heavy atom. The second-order valence-corrected chi connectivity index (χ2v) is 10.9. The number of rotatable bonds is 6. The normalized spacial score (nSPS) is 16.7. The molecular formula is C30H31FN6O4. The lowest BCUT2D eigenvalue weighted by molar-refractivity contribution is -0.117. The van der Waals surface area contributed by atoms with Crippen molar-refractivity contribution in [2.75, 3.05) is 17.2 Å². The SMILES string of the molecule is Cc1ccc(Nc2c3c(=O)n(C4CC4)c(=O)n(-c4cccc(NC(=O)C5CCCN5)c4)c3c(C)c(=O)n2C)c(F)c1. The van der Waals surface area contributed by atoms with Crippen molar-refractivity contribution in [1.29, 1.82) is 0 Å². The van der Waals surface area contributed by atoms with Crippen LogP contribution in [0.5, 0.6) is 0 Å². The summed E-state index contributed by atoms with van der Waals surface area (Å²) in [7, 11) is 1.51. The predicted octanol–water partition coefficient (Wildman–Crippen LogP) is 3.38. The molecule has 0 spiro atoms. The number of nitrogens with zero attached hydrogens (tertiary/aromatic N) is 3. The van der Waals surface area contributed by atoms with Crippen LogP contribution in [0.25, 0.3) is 16.6 Å². The number of benzene rings is 2. The number of nitrogens with one attached hydrogen (secondary N) is 3. The number of carbonyl (C=O) groups excluding carboxylic acids is 1. The molecule has 2 aliphatic rings. The lowest BCUT2D eigenvalue weighted by Gasteiger charge is -2.21. The zero-order valence-electron chi connectivity index (χ0n) is 23.1. The Bertz CT molecular complexity index is 1900. The van der Waals surface area contributed by atoms with Crippen LogP contribution in [-0.2, 0) is 11.8 Å². The highest BCUT2D eigenvalue weighted by Crippen LogP contribution is 2.34. The van der Waals surface area contributed by atoms with Crippen LogP contribution in [0.4, 0.5) is 21.6 Å². The molecule has 2 fully saturated rings. The van der Waals surface area contributed by atoms with E-state index in [1.807, 2.05) is 0 Å². The molecule has 11 heteroatoms. The summed E-state index contributed by atoms with van der Waals surface area (Å²) in [4.78, 5) is 54.2. The van der Waals surface area contributed by atoms with E-state index < -0.39 is 22.6 Å². The third-order valence-electron chi connectivity index (χ3n) is 7.88. The quantitative estimate of drug-likeness (QED) is 0.334. The van der Waals surface area contributed by atoms with Crippen LogP contribution in [0.15, 0.2) is 56.8 Å². The Balaban J connectivity index is 1.60. The summed E-state index contributed by atoms with van der Waals surface area (Å²) in [6.07, 6.45) is 3.00. The minimum Gasteiger partial charge on any atom is -0.338 e. The van der Waals surface area contributed by atoms with Gasteiger partial charge in [-0.15, -0.1) is 0 Å². The lowest BCUT2D eigenvalue weighted by Crippen LogP contribution is -2.41. The molecule has 0 bridgehead atoms. The van der Waals surface area contributed by atoms with Gasteiger partial charge in [0.15, 0.2) is 0 Å². The van der Waals surface area contributed by atoms with Crippen LogP contribution in [0.2, 0.25) is 0 Å². The fourth-order valence-electron chi connectivity index (χ4n) is 5.56. The standard InChI is InChI=1S/C30H31FN6O4/c1-16-9-12-22(21(31)14-16)34-26-24-25(17(2)28(39)35(26)3)36(30(41)37(29(24)40)19-10-11-19)20-7-4-6-18(15-20)33-27(38)23-8-5-13-32-23/h4,6-7,9,12,14-15,19,23,32,34H,5,8,10-11,13H2,1-3H3,(H,33,38). The van der Waals surface area contributed by atoms with Gasteiger partial charge in [-0.2, -0.15) is 0 Å². The molecule has 212 valence electrons. The third kappa shape index (κ3) is 4.65. The van der Waals surface area contributed by atoms with Crippen molar-refractivity contribution in [3.63, 3.8) is 0 Å².